The first-order chi connectivity index (χ1) is 8.33. The first-order valence-corrected chi connectivity index (χ1v) is 6.94. The van der Waals surface area contributed by atoms with Crippen molar-refractivity contribution in [3.05, 3.63) is 21.9 Å². The third-order valence-corrected chi connectivity index (χ3v) is 3.37. The van der Waals surface area contributed by atoms with Gasteiger partial charge in [0, 0.05) is 22.9 Å². The molecule has 0 atom stereocenters. The van der Waals surface area contributed by atoms with Gasteiger partial charge in [-0.05, 0) is 55.1 Å². The molecule has 1 aromatic heterocycles. The number of alkyl carbamates (subject to hydrolysis) is 1. The van der Waals surface area contributed by atoms with Crippen LogP contribution in [0, 0.1) is 0 Å². The molecule has 1 amide bonds. The molecule has 0 aromatic carbocycles. The Morgan fingerprint density at radius 2 is 2.17 bits per heavy atom. The summed E-state index contributed by atoms with van der Waals surface area (Å²) in [6, 6.07) is 0. The molecule has 4 nitrogen and oxygen atoms in total. The summed E-state index contributed by atoms with van der Waals surface area (Å²) < 4.78 is 6.27. The number of rotatable bonds is 4. The quantitative estimate of drug-likeness (QED) is 0.894. The first-order valence-electron chi connectivity index (χ1n) is 6.15. The lowest BCUT2D eigenvalue weighted by Crippen LogP contribution is -2.33. The topological polar surface area (TPSA) is 54.1 Å². The molecule has 102 valence electrons. The number of hydrogen-bond acceptors (Lipinski definition) is 2. The molecule has 5 heteroatoms. The second-order valence-electron chi connectivity index (χ2n) is 5.14. The van der Waals surface area contributed by atoms with Crippen molar-refractivity contribution in [1.82, 2.24) is 10.3 Å². The Balaban J connectivity index is 2.38. The first kappa shape index (κ1) is 15.1. The molecule has 0 aliphatic carbocycles. The molecule has 1 rings (SSSR count). The highest BCUT2D eigenvalue weighted by Gasteiger charge is 2.15. The Kier molecular flexibility index (Phi) is 5.26. The molecule has 0 saturated heterocycles. The van der Waals surface area contributed by atoms with Gasteiger partial charge < -0.3 is 15.0 Å². The zero-order valence-corrected chi connectivity index (χ0v) is 13.0. The number of amides is 1. The highest BCUT2D eigenvalue weighted by atomic mass is 79.9. The molecule has 0 radical (unpaired) electrons. The largest absolute Gasteiger partial charge is 0.444 e. The molecule has 1 heterocycles. The molecular weight excluding hydrogens is 296 g/mol. The van der Waals surface area contributed by atoms with Crippen LogP contribution in [0.2, 0.25) is 0 Å². The van der Waals surface area contributed by atoms with Crippen molar-refractivity contribution >= 4 is 22.0 Å². The lowest BCUT2D eigenvalue weighted by Gasteiger charge is -2.19. The van der Waals surface area contributed by atoms with Crippen molar-refractivity contribution < 1.29 is 9.53 Å². The SMILES string of the molecule is CCc1[nH]cc(CCNC(=O)OC(C)(C)C)c1Br. The highest BCUT2D eigenvalue weighted by Crippen LogP contribution is 2.21. The van der Waals surface area contributed by atoms with Crippen LogP contribution in [-0.4, -0.2) is 23.2 Å². The van der Waals surface area contributed by atoms with Gasteiger partial charge in [0.15, 0.2) is 0 Å². The standard InChI is InChI=1S/C13H21BrN2O2/c1-5-10-11(14)9(8-16-10)6-7-15-12(17)18-13(2,3)4/h8,16H,5-7H2,1-4H3,(H,15,17). The lowest BCUT2D eigenvalue weighted by atomic mass is 10.2. The average Bonchev–Trinajstić information content (AvgIpc) is 2.57. The van der Waals surface area contributed by atoms with Crippen LogP contribution in [0.1, 0.15) is 39.0 Å². The highest BCUT2D eigenvalue weighted by molar-refractivity contribution is 9.10. The van der Waals surface area contributed by atoms with E-state index in [9.17, 15) is 4.79 Å². The second-order valence-corrected chi connectivity index (χ2v) is 5.93. The molecule has 2 N–H and O–H groups in total. The van der Waals surface area contributed by atoms with Crippen molar-refractivity contribution in [3.8, 4) is 0 Å². The fourth-order valence-electron chi connectivity index (χ4n) is 1.55. The summed E-state index contributed by atoms with van der Waals surface area (Å²) in [5.74, 6) is 0. The van der Waals surface area contributed by atoms with Gasteiger partial charge in [-0.25, -0.2) is 4.79 Å². The normalized spacial score (nSPS) is 11.4. The summed E-state index contributed by atoms with van der Waals surface area (Å²) in [4.78, 5) is 14.7. The van der Waals surface area contributed by atoms with E-state index >= 15 is 0 Å². The molecule has 0 unspecified atom stereocenters. The van der Waals surface area contributed by atoms with Crippen molar-refractivity contribution in [2.45, 2.75) is 46.1 Å². The lowest BCUT2D eigenvalue weighted by molar-refractivity contribution is 0.0528. The molecule has 0 bridgehead atoms. The Hall–Kier alpha value is -0.970. The number of aromatic amines is 1. The molecular formula is C13H21BrN2O2. The molecule has 0 aliphatic rings. The van der Waals surface area contributed by atoms with Crippen LogP contribution < -0.4 is 5.32 Å². The van der Waals surface area contributed by atoms with Crippen LogP contribution in [0.25, 0.3) is 0 Å². The number of H-pyrrole nitrogens is 1. The van der Waals surface area contributed by atoms with Crippen LogP contribution in [0.3, 0.4) is 0 Å². The van der Waals surface area contributed by atoms with Gasteiger partial charge in [-0.1, -0.05) is 6.92 Å². The maximum Gasteiger partial charge on any atom is 0.407 e. The summed E-state index contributed by atoms with van der Waals surface area (Å²) in [7, 11) is 0. The molecule has 0 spiro atoms. The van der Waals surface area contributed by atoms with Crippen molar-refractivity contribution in [1.29, 1.82) is 0 Å². The van der Waals surface area contributed by atoms with Crippen LogP contribution in [0.4, 0.5) is 4.79 Å². The van der Waals surface area contributed by atoms with E-state index in [0.717, 1.165) is 17.3 Å². The summed E-state index contributed by atoms with van der Waals surface area (Å²) >= 11 is 3.55. The van der Waals surface area contributed by atoms with Crippen molar-refractivity contribution in [2.24, 2.45) is 0 Å². The number of carbonyl (C=O) groups excluding carboxylic acids is 1. The van der Waals surface area contributed by atoms with Gasteiger partial charge in [-0.15, -0.1) is 0 Å². The number of aryl methyl sites for hydroxylation is 1. The smallest absolute Gasteiger partial charge is 0.407 e. The third kappa shape index (κ3) is 4.72. The molecule has 1 aromatic rings. The monoisotopic (exact) mass is 316 g/mol. The fraction of sp³-hybridized carbons (Fsp3) is 0.615. The van der Waals surface area contributed by atoms with Crippen molar-refractivity contribution in [3.63, 3.8) is 0 Å². The average molecular weight is 317 g/mol. The fourth-order valence-corrected chi connectivity index (χ4v) is 2.25. The van der Waals surface area contributed by atoms with E-state index in [4.69, 9.17) is 4.74 Å². The van der Waals surface area contributed by atoms with Gasteiger partial charge in [0.25, 0.3) is 0 Å². The number of halogens is 1. The van der Waals surface area contributed by atoms with Gasteiger partial charge in [0.05, 0.1) is 0 Å². The second kappa shape index (κ2) is 6.27. The number of nitrogens with one attached hydrogen (secondary N) is 2. The van der Waals surface area contributed by atoms with E-state index in [1.807, 2.05) is 27.0 Å². The zero-order valence-electron chi connectivity index (χ0n) is 11.4. The minimum Gasteiger partial charge on any atom is -0.444 e. The van der Waals surface area contributed by atoms with E-state index in [1.165, 1.54) is 11.3 Å². The summed E-state index contributed by atoms with van der Waals surface area (Å²) in [5, 5.41) is 2.75. The molecule has 18 heavy (non-hydrogen) atoms. The Morgan fingerprint density at radius 3 is 2.67 bits per heavy atom. The van der Waals surface area contributed by atoms with Gasteiger partial charge in [-0.2, -0.15) is 0 Å². The van der Waals surface area contributed by atoms with Gasteiger partial charge in [0.1, 0.15) is 5.60 Å². The van der Waals surface area contributed by atoms with E-state index in [-0.39, 0.29) is 6.09 Å². The summed E-state index contributed by atoms with van der Waals surface area (Å²) in [6.45, 7) is 8.21. The van der Waals surface area contributed by atoms with Gasteiger partial charge in [0.2, 0.25) is 0 Å². The van der Waals surface area contributed by atoms with Crippen LogP contribution >= 0.6 is 15.9 Å². The van der Waals surface area contributed by atoms with E-state index in [0.29, 0.717) is 6.54 Å². The zero-order chi connectivity index (χ0) is 13.8. The molecule has 0 aliphatic heterocycles. The van der Waals surface area contributed by atoms with E-state index in [1.54, 1.807) is 0 Å². The number of ether oxygens (including phenoxy) is 1. The predicted molar refractivity (Wildman–Crippen MR) is 75.8 cm³/mol. The molecule has 0 fully saturated rings. The Morgan fingerprint density at radius 1 is 1.50 bits per heavy atom. The Labute approximate surface area is 117 Å². The van der Waals surface area contributed by atoms with Crippen LogP contribution in [0.5, 0.6) is 0 Å². The van der Waals surface area contributed by atoms with Crippen molar-refractivity contribution in [2.75, 3.05) is 6.54 Å². The predicted octanol–water partition coefficient (Wildman–Crippen LogP) is 3.41. The molecule has 0 saturated carbocycles. The van der Waals surface area contributed by atoms with Crippen LogP contribution in [0.15, 0.2) is 10.7 Å². The number of hydrogen-bond donors (Lipinski definition) is 2. The van der Waals surface area contributed by atoms with E-state index in [2.05, 4.69) is 33.2 Å². The Bertz CT molecular complexity index is 408. The van der Waals surface area contributed by atoms with Gasteiger partial charge >= 0.3 is 6.09 Å². The summed E-state index contributed by atoms with van der Waals surface area (Å²) in [6.07, 6.45) is 3.33. The summed E-state index contributed by atoms with van der Waals surface area (Å²) in [5.41, 5.74) is 1.90. The minimum atomic E-state index is -0.450. The van der Waals surface area contributed by atoms with Gasteiger partial charge in [-0.3, -0.25) is 0 Å². The maximum atomic E-state index is 11.4. The minimum absolute atomic E-state index is 0.370. The van der Waals surface area contributed by atoms with E-state index < -0.39 is 5.60 Å². The van der Waals surface area contributed by atoms with Crippen LogP contribution in [-0.2, 0) is 17.6 Å². The maximum absolute atomic E-state index is 11.4. The number of carbonyl (C=O) groups is 1. The number of aromatic nitrogens is 1. The third-order valence-electron chi connectivity index (χ3n) is 2.38.